The first-order valence-corrected chi connectivity index (χ1v) is 5.48. The molecule has 2 rings (SSSR count). The van der Waals surface area contributed by atoms with Gasteiger partial charge in [-0.1, -0.05) is 5.16 Å². The molecular weight excluding hydrogens is 212 g/mol. The van der Waals surface area contributed by atoms with Crippen molar-refractivity contribution in [2.75, 3.05) is 0 Å². The normalized spacial score (nSPS) is 13.0. The van der Waals surface area contributed by atoms with E-state index in [1.54, 1.807) is 6.20 Å². The van der Waals surface area contributed by atoms with E-state index in [9.17, 15) is 0 Å². The minimum atomic E-state index is 0.0404. The summed E-state index contributed by atoms with van der Waals surface area (Å²) < 4.78 is 5.12. The monoisotopic (exact) mass is 224 g/mol. The Labute approximate surface area is 91.3 Å². The van der Waals surface area contributed by atoms with Crippen molar-refractivity contribution in [2.45, 2.75) is 26.3 Å². The van der Waals surface area contributed by atoms with Gasteiger partial charge >= 0.3 is 0 Å². The van der Waals surface area contributed by atoms with Crippen LogP contribution in [0.1, 0.15) is 17.8 Å². The Morgan fingerprint density at radius 1 is 1.60 bits per heavy atom. The Morgan fingerprint density at radius 3 is 3.00 bits per heavy atom. The quantitative estimate of drug-likeness (QED) is 0.852. The summed E-state index contributed by atoms with van der Waals surface area (Å²) in [7, 11) is 0. The highest BCUT2D eigenvalue weighted by atomic mass is 32.1. The van der Waals surface area contributed by atoms with Crippen molar-refractivity contribution in [3.8, 4) is 10.8 Å². The SMILES string of the molecule is Cc1ncc(-c2nc(CC(C)N)no2)s1. The maximum absolute atomic E-state index is 5.65. The van der Waals surface area contributed by atoms with Gasteiger partial charge in [0.25, 0.3) is 5.89 Å². The van der Waals surface area contributed by atoms with Crippen LogP contribution in [0.4, 0.5) is 0 Å². The molecular formula is C9H12N4OS. The molecule has 0 spiro atoms. The second-order valence-electron chi connectivity index (χ2n) is 3.44. The Hall–Kier alpha value is -1.27. The molecule has 6 heteroatoms. The zero-order valence-corrected chi connectivity index (χ0v) is 9.41. The molecule has 0 bridgehead atoms. The summed E-state index contributed by atoms with van der Waals surface area (Å²) in [6, 6.07) is 0.0404. The molecule has 0 aliphatic rings. The lowest BCUT2D eigenvalue weighted by Gasteiger charge is -1.96. The van der Waals surface area contributed by atoms with Crippen LogP contribution in [0.15, 0.2) is 10.7 Å². The van der Waals surface area contributed by atoms with Crippen molar-refractivity contribution in [1.82, 2.24) is 15.1 Å². The molecule has 2 aromatic rings. The van der Waals surface area contributed by atoms with Crippen LogP contribution in [-0.4, -0.2) is 21.2 Å². The van der Waals surface area contributed by atoms with Crippen LogP contribution >= 0.6 is 11.3 Å². The number of aromatic nitrogens is 3. The van der Waals surface area contributed by atoms with Crippen LogP contribution in [0.2, 0.25) is 0 Å². The lowest BCUT2D eigenvalue weighted by Crippen LogP contribution is -2.18. The van der Waals surface area contributed by atoms with Crippen molar-refractivity contribution < 1.29 is 4.52 Å². The van der Waals surface area contributed by atoms with Crippen LogP contribution < -0.4 is 5.73 Å². The van der Waals surface area contributed by atoms with Gasteiger partial charge in [0.15, 0.2) is 5.82 Å². The summed E-state index contributed by atoms with van der Waals surface area (Å²) in [6.45, 7) is 3.85. The molecule has 1 atom stereocenters. The molecule has 0 saturated carbocycles. The van der Waals surface area contributed by atoms with Gasteiger partial charge in [0, 0.05) is 12.5 Å². The minimum Gasteiger partial charge on any atom is -0.333 e. The van der Waals surface area contributed by atoms with Crippen molar-refractivity contribution in [1.29, 1.82) is 0 Å². The van der Waals surface area contributed by atoms with E-state index >= 15 is 0 Å². The second-order valence-corrected chi connectivity index (χ2v) is 4.68. The third kappa shape index (κ3) is 2.40. The molecule has 0 saturated heterocycles. The van der Waals surface area contributed by atoms with Gasteiger partial charge in [-0.3, -0.25) is 0 Å². The standard InChI is InChI=1S/C9H12N4OS/c1-5(10)3-8-12-9(14-13-8)7-4-11-6(2)15-7/h4-5H,3,10H2,1-2H3. The average Bonchev–Trinajstić information content (AvgIpc) is 2.72. The number of nitrogens with zero attached hydrogens (tertiary/aromatic N) is 3. The first-order chi connectivity index (χ1) is 7.15. The van der Waals surface area contributed by atoms with Gasteiger partial charge in [-0.2, -0.15) is 4.98 Å². The van der Waals surface area contributed by atoms with E-state index < -0.39 is 0 Å². The number of aryl methyl sites for hydroxylation is 1. The van der Waals surface area contributed by atoms with Crippen LogP contribution in [0.25, 0.3) is 10.8 Å². The molecule has 0 aliphatic heterocycles. The van der Waals surface area contributed by atoms with Crippen LogP contribution in [0, 0.1) is 6.92 Å². The Kier molecular flexibility index (Phi) is 2.79. The fraction of sp³-hybridized carbons (Fsp3) is 0.444. The lowest BCUT2D eigenvalue weighted by atomic mass is 10.2. The molecule has 2 aromatic heterocycles. The highest BCUT2D eigenvalue weighted by Crippen LogP contribution is 2.23. The molecule has 1 unspecified atom stereocenters. The largest absolute Gasteiger partial charge is 0.333 e. The number of rotatable bonds is 3. The predicted molar refractivity (Wildman–Crippen MR) is 57.5 cm³/mol. The van der Waals surface area contributed by atoms with Crippen molar-refractivity contribution in [3.05, 3.63) is 17.0 Å². The lowest BCUT2D eigenvalue weighted by molar-refractivity contribution is 0.421. The third-order valence-electron chi connectivity index (χ3n) is 1.80. The molecule has 0 aromatic carbocycles. The number of thiazole rings is 1. The molecule has 80 valence electrons. The Balaban J connectivity index is 2.20. The van der Waals surface area contributed by atoms with E-state index in [-0.39, 0.29) is 6.04 Å². The number of hydrogen-bond donors (Lipinski definition) is 1. The van der Waals surface area contributed by atoms with Gasteiger partial charge < -0.3 is 10.3 Å². The molecule has 0 aliphatic carbocycles. The Bertz CT molecular complexity index is 448. The van der Waals surface area contributed by atoms with Gasteiger partial charge in [-0.25, -0.2) is 4.98 Å². The first-order valence-electron chi connectivity index (χ1n) is 4.66. The highest BCUT2D eigenvalue weighted by molar-refractivity contribution is 7.14. The van der Waals surface area contributed by atoms with Gasteiger partial charge in [-0.15, -0.1) is 11.3 Å². The van der Waals surface area contributed by atoms with Crippen molar-refractivity contribution in [3.63, 3.8) is 0 Å². The van der Waals surface area contributed by atoms with Gasteiger partial charge in [0.05, 0.1) is 11.2 Å². The van der Waals surface area contributed by atoms with E-state index in [2.05, 4.69) is 15.1 Å². The van der Waals surface area contributed by atoms with Gasteiger partial charge in [-0.05, 0) is 13.8 Å². The smallest absolute Gasteiger partial charge is 0.269 e. The summed E-state index contributed by atoms with van der Waals surface area (Å²) in [5, 5.41) is 4.84. The number of hydrogen-bond acceptors (Lipinski definition) is 6. The summed E-state index contributed by atoms with van der Waals surface area (Å²) in [4.78, 5) is 9.27. The van der Waals surface area contributed by atoms with Crippen LogP contribution in [-0.2, 0) is 6.42 Å². The molecule has 5 nitrogen and oxygen atoms in total. The summed E-state index contributed by atoms with van der Waals surface area (Å²) in [6.07, 6.45) is 2.37. The molecule has 2 heterocycles. The van der Waals surface area contributed by atoms with E-state index in [1.165, 1.54) is 11.3 Å². The average molecular weight is 224 g/mol. The zero-order chi connectivity index (χ0) is 10.8. The minimum absolute atomic E-state index is 0.0404. The van der Waals surface area contributed by atoms with Gasteiger partial charge in [0.2, 0.25) is 0 Å². The topological polar surface area (TPSA) is 77.8 Å². The van der Waals surface area contributed by atoms with Crippen LogP contribution in [0.3, 0.4) is 0 Å². The molecule has 0 amide bonds. The maximum Gasteiger partial charge on any atom is 0.269 e. The van der Waals surface area contributed by atoms with E-state index in [0.29, 0.717) is 18.1 Å². The fourth-order valence-corrected chi connectivity index (χ4v) is 1.88. The Morgan fingerprint density at radius 2 is 2.40 bits per heavy atom. The maximum atomic E-state index is 5.65. The van der Waals surface area contributed by atoms with Gasteiger partial charge in [0.1, 0.15) is 4.88 Å². The molecule has 15 heavy (non-hydrogen) atoms. The summed E-state index contributed by atoms with van der Waals surface area (Å²) >= 11 is 1.53. The predicted octanol–water partition coefficient (Wildman–Crippen LogP) is 1.39. The van der Waals surface area contributed by atoms with Crippen molar-refractivity contribution in [2.24, 2.45) is 5.73 Å². The molecule has 0 fully saturated rings. The van der Waals surface area contributed by atoms with Crippen LogP contribution in [0.5, 0.6) is 0 Å². The second kappa shape index (κ2) is 4.08. The number of nitrogens with two attached hydrogens (primary N) is 1. The molecule has 2 N–H and O–H groups in total. The van der Waals surface area contributed by atoms with E-state index in [4.69, 9.17) is 10.3 Å². The van der Waals surface area contributed by atoms with E-state index in [0.717, 1.165) is 9.88 Å². The zero-order valence-electron chi connectivity index (χ0n) is 8.60. The fourth-order valence-electron chi connectivity index (χ4n) is 1.19. The highest BCUT2D eigenvalue weighted by Gasteiger charge is 2.11. The summed E-state index contributed by atoms with van der Waals surface area (Å²) in [5.74, 6) is 1.17. The van der Waals surface area contributed by atoms with E-state index in [1.807, 2.05) is 13.8 Å². The van der Waals surface area contributed by atoms with Crippen molar-refractivity contribution >= 4 is 11.3 Å². The summed E-state index contributed by atoms with van der Waals surface area (Å²) in [5.41, 5.74) is 5.65. The first kappa shape index (κ1) is 10.3. The molecule has 0 radical (unpaired) electrons. The third-order valence-corrected chi connectivity index (χ3v) is 2.71.